The molecule has 8 heteroatoms. The summed E-state index contributed by atoms with van der Waals surface area (Å²) in [5, 5.41) is 4.65. The quantitative estimate of drug-likeness (QED) is 0.0837. The summed E-state index contributed by atoms with van der Waals surface area (Å²) in [5.41, 5.74) is 33.0. The van der Waals surface area contributed by atoms with Gasteiger partial charge in [0.2, 0.25) is 0 Å². The smallest absolute Gasteiger partial charge is 0.160 e. The Hall–Kier alpha value is -17.2. The maximum absolute atomic E-state index is 5.46. The topological polar surface area (TPSA) is 103 Å². The van der Waals surface area contributed by atoms with Gasteiger partial charge in [0.15, 0.2) is 11.6 Å². The van der Waals surface area contributed by atoms with Crippen LogP contribution in [0.1, 0.15) is 0 Å². The summed E-state index contributed by atoms with van der Waals surface area (Å²) in [6.45, 7) is 0. The van der Waals surface area contributed by atoms with Crippen LogP contribution >= 0.6 is 0 Å². The third-order valence-electron chi connectivity index (χ3n) is 23.3. The van der Waals surface area contributed by atoms with Crippen molar-refractivity contribution in [2.45, 2.75) is 0 Å². The van der Waals surface area contributed by atoms with Gasteiger partial charge in [-0.2, -0.15) is 0 Å². The van der Waals surface area contributed by atoms with Crippen molar-refractivity contribution in [3.05, 3.63) is 485 Å². The molecule has 128 heavy (non-hydrogen) atoms. The summed E-state index contributed by atoms with van der Waals surface area (Å²) in [4.78, 5) is 42.4. The molecule has 8 nitrogen and oxygen atoms in total. The minimum atomic E-state index is 0.657. The van der Waals surface area contributed by atoms with Crippen molar-refractivity contribution >= 4 is 21.5 Å². The number of rotatable bonds is 18. The van der Waals surface area contributed by atoms with Gasteiger partial charge in [-0.25, -0.2) is 39.9 Å². The minimum Gasteiger partial charge on any atom is -0.248 e. The zero-order valence-electron chi connectivity index (χ0n) is 69.8. The van der Waals surface area contributed by atoms with Gasteiger partial charge < -0.3 is 0 Å². The first-order valence-corrected chi connectivity index (χ1v) is 43.1. The average molecular weight is 1630 g/mol. The molecule has 0 aliphatic heterocycles. The van der Waals surface area contributed by atoms with Crippen molar-refractivity contribution in [2.24, 2.45) is 0 Å². The molecule has 0 unspecified atom stereocenters. The number of benzene rings is 16. The van der Waals surface area contributed by atoms with E-state index in [2.05, 4.69) is 413 Å². The Labute approximate surface area is 744 Å². The SMILES string of the molecule is c1ccc(-c2cc(-c3cc(-c4cc(-c5ccccc5)nc(-c5ccccc5)c4)cc(-c4cc(-c5ccc6ccccc6c5)nc(-c5ccc6ccccc6c5)n4)c3)cc(-c3ccccc3)n2)cc1.c1ccc(-c2cc(-c3ccccc3)nc(-c3cc(-c4cc(-c5ccccc5)cc(-c5ccccc5)n4)cc(-c4cc(-c5ccccc5)nc(-c5ccccc5)n4)c3)c2)cc1. The van der Waals surface area contributed by atoms with Crippen LogP contribution in [0.2, 0.25) is 0 Å². The van der Waals surface area contributed by atoms with Crippen molar-refractivity contribution < 1.29 is 0 Å². The Morgan fingerprint density at radius 1 is 0.0859 bits per heavy atom. The molecule has 0 bridgehead atoms. The lowest BCUT2D eigenvalue weighted by atomic mass is 9.92. The van der Waals surface area contributed by atoms with E-state index >= 15 is 0 Å². The molecular weight excluding hydrogens is 1550 g/mol. The highest BCUT2D eigenvalue weighted by molar-refractivity contribution is 5.93. The van der Waals surface area contributed by atoms with Crippen LogP contribution in [0.3, 0.4) is 0 Å². The number of pyridine rings is 4. The van der Waals surface area contributed by atoms with Gasteiger partial charge in [-0.1, -0.05) is 376 Å². The summed E-state index contributed by atoms with van der Waals surface area (Å²) in [6, 6.07) is 169. The molecule has 22 aromatic rings. The monoisotopic (exact) mass is 1630 g/mol. The highest BCUT2D eigenvalue weighted by Gasteiger charge is 2.22. The Balaban J connectivity index is 0.000000157. The molecule has 600 valence electrons. The van der Waals surface area contributed by atoms with Crippen LogP contribution in [0.4, 0.5) is 0 Å². The van der Waals surface area contributed by atoms with Gasteiger partial charge in [-0.05, 0) is 175 Å². The first-order valence-electron chi connectivity index (χ1n) is 43.1. The lowest BCUT2D eigenvalue weighted by Gasteiger charge is -2.16. The fourth-order valence-corrected chi connectivity index (χ4v) is 16.7. The van der Waals surface area contributed by atoms with Gasteiger partial charge in [0.1, 0.15) is 0 Å². The van der Waals surface area contributed by atoms with Gasteiger partial charge in [0.25, 0.3) is 0 Å². The van der Waals surface area contributed by atoms with Crippen LogP contribution in [0.25, 0.3) is 224 Å². The third kappa shape index (κ3) is 17.2. The molecule has 0 radical (unpaired) electrons. The van der Waals surface area contributed by atoms with E-state index in [1.807, 2.05) is 72.8 Å². The maximum atomic E-state index is 5.46. The molecule has 16 aromatic carbocycles. The van der Waals surface area contributed by atoms with Gasteiger partial charge in [-0.3, -0.25) is 0 Å². The van der Waals surface area contributed by atoms with E-state index in [1.54, 1.807) is 0 Å². The molecule has 0 spiro atoms. The largest absolute Gasteiger partial charge is 0.248 e. The van der Waals surface area contributed by atoms with Gasteiger partial charge >= 0.3 is 0 Å². The predicted molar refractivity (Wildman–Crippen MR) is 528 cm³/mol. The molecule has 0 aliphatic rings. The van der Waals surface area contributed by atoms with E-state index < -0.39 is 0 Å². The number of hydrogen-bond donors (Lipinski definition) is 0. The van der Waals surface area contributed by atoms with Crippen LogP contribution < -0.4 is 0 Å². The van der Waals surface area contributed by atoms with E-state index in [9.17, 15) is 0 Å². The van der Waals surface area contributed by atoms with Crippen molar-refractivity contribution in [1.82, 2.24) is 39.9 Å². The van der Waals surface area contributed by atoms with Crippen LogP contribution in [0.15, 0.2) is 485 Å². The summed E-state index contributed by atoms with van der Waals surface area (Å²) in [7, 11) is 0. The molecule has 0 aliphatic carbocycles. The second kappa shape index (κ2) is 35.7. The third-order valence-corrected chi connectivity index (χ3v) is 23.3. The van der Waals surface area contributed by atoms with Crippen LogP contribution in [0.5, 0.6) is 0 Å². The summed E-state index contributed by atoms with van der Waals surface area (Å²) < 4.78 is 0. The zero-order valence-corrected chi connectivity index (χ0v) is 69.8. The van der Waals surface area contributed by atoms with E-state index in [4.69, 9.17) is 39.9 Å². The molecule has 0 saturated heterocycles. The molecule has 22 rings (SSSR count). The summed E-state index contributed by atoms with van der Waals surface area (Å²) in [5.74, 6) is 1.32. The second-order valence-corrected chi connectivity index (χ2v) is 31.8. The Morgan fingerprint density at radius 3 is 0.562 bits per heavy atom. The molecule has 0 atom stereocenters. The number of nitrogens with zero attached hydrogens (tertiary/aromatic N) is 8. The standard InChI is InChI=1S/C64H42N4.C56H38N4/c1-5-19-45(20-6-1)58-38-55(39-59(65-58)46-21-7-2-8-22-46)53-35-54(56-40-60(47-23-9-3-10-24-47)66-61(41-56)48-25-11-4-12-26-48)37-57(36-53)63-42-62(51-31-29-43-17-13-15-27-49(43)33-51)67-64(68-63)52-32-30-44-18-14-16-28-50(44)34-52;1-7-19-39(20-8-1)45-34-50(41-23-11-3-12-24-41)57-52(36-45)47-31-48(53-37-46(40-21-9-2-10-22-40)35-51(58-53)42-25-13-4-14-26-42)33-49(32-47)55-38-54(43-27-15-5-16-28-43)59-56(60-55)44-29-17-6-18-30-44/h1-42H;1-38H. The number of fused-ring (bicyclic) bond motifs is 2. The second-order valence-electron chi connectivity index (χ2n) is 31.8. The Morgan fingerprint density at radius 2 is 0.266 bits per heavy atom. The maximum Gasteiger partial charge on any atom is 0.160 e. The van der Waals surface area contributed by atoms with Crippen molar-refractivity contribution in [3.63, 3.8) is 0 Å². The van der Waals surface area contributed by atoms with Crippen molar-refractivity contribution in [2.75, 3.05) is 0 Å². The van der Waals surface area contributed by atoms with Crippen LogP contribution in [-0.2, 0) is 0 Å². The minimum absolute atomic E-state index is 0.657. The van der Waals surface area contributed by atoms with E-state index in [0.29, 0.717) is 11.6 Å². The molecular formula is C120H80N8. The molecule has 0 amide bonds. The molecule has 0 N–H and O–H groups in total. The average Bonchev–Trinajstić information content (AvgIpc) is 0.767. The van der Waals surface area contributed by atoms with Crippen LogP contribution in [0, 0.1) is 0 Å². The van der Waals surface area contributed by atoms with Crippen molar-refractivity contribution in [3.8, 4) is 202 Å². The predicted octanol–water partition coefficient (Wildman–Crippen LogP) is 30.8. The highest BCUT2D eigenvalue weighted by atomic mass is 14.9. The molecule has 6 aromatic heterocycles. The molecule has 0 saturated carbocycles. The normalized spacial score (nSPS) is 11.1. The lowest BCUT2D eigenvalue weighted by Crippen LogP contribution is -1.98. The lowest BCUT2D eigenvalue weighted by molar-refractivity contribution is 1.18. The first-order chi connectivity index (χ1) is 63.3. The fourth-order valence-electron chi connectivity index (χ4n) is 16.7. The summed E-state index contributed by atoms with van der Waals surface area (Å²) >= 11 is 0. The first kappa shape index (κ1) is 78.1. The Kier molecular flexibility index (Phi) is 21.8. The number of hydrogen-bond acceptors (Lipinski definition) is 8. The highest BCUT2D eigenvalue weighted by Crippen LogP contribution is 2.43. The summed E-state index contributed by atoms with van der Waals surface area (Å²) in [6.07, 6.45) is 0. The van der Waals surface area contributed by atoms with E-state index in [-0.39, 0.29) is 0 Å². The van der Waals surface area contributed by atoms with E-state index in [1.165, 1.54) is 10.8 Å². The van der Waals surface area contributed by atoms with Gasteiger partial charge in [0.05, 0.1) is 68.3 Å². The fraction of sp³-hybridized carbons (Fsp3) is 0. The van der Waals surface area contributed by atoms with Gasteiger partial charge in [0, 0.05) is 77.9 Å². The zero-order chi connectivity index (χ0) is 85.3. The van der Waals surface area contributed by atoms with Crippen LogP contribution in [-0.4, -0.2) is 39.9 Å². The van der Waals surface area contributed by atoms with E-state index in [0.717, 1.165) is 201 Å². The molecule has 0 fully saturated rings. The molecule has 6 heterocycles. The Bertz CT molecular complexity index is 6870. The van der Waals surface area contributed by atoms with Gasteiger partial charge in [-0.15, -0.1) is 0 Å². The number of aromatic nitrogens is 8. The van der Waals surface area contributed by atoms with Crippen molar-refractivity contribution in [1.29, 1.82) is 0 Å².